The second kappa shape index (κ2) is 13.7. The summed E-state index contributed by atoms with van der Waals surface area (Å²) in [6.07, 6.45) is 0.713. The lowest BCUT2D eigenvalue weighted by Crippen LogP contribution is -2.52. The van der Waals surface area contributed by atoms with Crippen LogP contribution in [0.15, 0.2) is 65.6 Å². The van der Waals surface area contributed by atoms with Crippen LogP contribution in [-0.2, 0) is 26.2 Å². The molecule has 2 atom stereocenters. The number of amides is 2. The highest BCUT2D eigenvalue weighted by atomic mass is 35.5. The zero-order valence-electron chi connectivity index (χ0n) is 24.2. The van der Waals surface area contributed by atoms with E-state index < -0.39 is 28.5 Å². The lowest BCUT2D eigenvalue weighted by molar-refractivity contribution is -0.139. The summed E-state index contributed by atoms with van der Waals surface area (Å²) in [6.45, 7) is 10.5. The zero-order chi connectivity index (χ0) is 30.5. The first kappa shape index (κ1) is 32.4. The molecule has 10 heteroatoms. The highest BCUT2D eigenvalue weighted by Gasteiger charge is 2.33. The second-order valence-electron chi connectivity index (χ2n) is 10.3. The zero-order valence-corrected chi connectivity index (χ0v) is 26.6. The number of aryl methyl sites for hydroxylation is 2. The summed E-state index contributed by atoms with van der Waals surface area (Å²) < 4.78 is 29.2. The molecule has 0 aliphatic carbocycles. The summed E-state index contributed by atoms with van der Waals surface area (Å²) in [6, 6.07) is 15.7. The van der Waals surface area contributed by atoms with Crippen LogP contribution in [0.3, 0.4) is 0 Å². The number of carbonyl (C=O) groups is 2. The lowest BCUT2D eigenvalue weighted by atomic mass is 10.1. The van der Waals surface area contributed by atoms with Crippen LogP contribution in [-0.4, -0.2) is 43.8 Å². The fourth-order valence-electron chi connectivity index (χ4n) is 4.24. The van der Waals surface area contributed by atoms with Gasteiger partial charge >= 0.3 is 0 Å². The average molecular weight is 619 g/mol. The molecule has 0 aliphatic heterocycles. The number of halogens is 2. The molecule has 0 aromatic heterocycles. The van der Waals surface area contributed by atoms with Crippen molar-refractivity contribution in [3.63, 3.8) is 0 Å². The maximum absolute atomic E-state index is 14.1. The van der Waals surface area contributed by atoms with Crippen LogP contribution in [0.25, 0.3) is 0 Å². The van der Waals surface area contributed by atoms with Gasteiger partial charge < -0.3 is 10.2 Å². The fraction of sp³-hybridized carbons (Fsp3) is 0.355. The highest BCUT2D eigenvalue weighted by molar-refractivity contribution is 7.92. The van der Waals surface area contributed by atoms with Crippen LogP contribution in [0.2, 0.25) is 10.0 Å². The number of nitrogens with one attached hydrogen (secondary N) is 1. The van der Waals surface area contributed by atoms with Crippen molar-refractivity contribution in [2.24, 2.45) is 0 Å². The summed E-state index contributed by atoms with van der Waals surface area (Å²) in [5.74, 6) is -0.906. The Morgan fingerprint density at radius 1 is 0.951 bits per heavy atom. The molecule has 0 unspecified atom stereocenters. The Balaban J connectivity index is 2.09. The minimum absolute atomic E-state index is 0.0187. The number of nitrogens with zero attached hydrogens (tertiary/aromatic N) is 2. The third kappa shape index (κ3) is 7.82. The minimum Gasteiger partial charge on any atom is -0.352 e. The van der Waals surface area contributed by atoms with Crippen LogP contribution in [0, 0.1) is 20.8 Å². The molecule has 220 valence electrons. The molecule has 3 rings (SSSR count). The predicted octanol–water partition coefficient (Wildman–Crippen LogP) is 6.45. The maximum Gasteiger partial charge on any atom is 0.264 e. The average Bonchev–Trinajstić information content (AvgIpc) is 2.92. The van der Waals surface area contributed by atoms with Gasteiger partial charge in [0.25, 0.3) is 10.0 Å². The highest BCUT2D eigenvalue weighted by Crippen LogP contribution is 2.30. The largest absolute Gasteiger partial charge is 0.352 e. The molecule has 2 amide bonds. The molecule has 3 aromatic rings. The number of anilines is 1. The summed E-state index contributed by atoms with van der Waals surface area (Å²) in [4.78, 5) is 28.7. The van der Waals surface area contributed by atoms with Gasteiger partial charge in [0.2, 0.25) is 11.8 Å². The van der Waals surface area contributed by atoms with Crippen molar-refractivity contribution in [3.8, 4) is 0 Å². The van der Waals surface area contributed by atoms with Gasteiger partial charge in [-0.2, -0.15) is 0 Å². The first-order chi connectivity index (χ1) is 19.3. The van der Waals surface area contributed by atoms with E-state index in [1.165, 1.54) is 17.0 Å². The first-order valence-corrected chi connectivity index (χ1v) is 15.6. The van der Waals surface area contributed by atoms with Crippen LogP contribution in [0.5, 0.6) is 0 Å². The van der Waals surface area contributed by atoms with Gasteiger partial charge in [0.1, 0.15) is 12.6 Å². The van der Waals surface area contributed by atoms with Gasteiger partial charge in [0, 0.05) is 22.6 Å². The minimum atomic E-state index is -4.15. The topological polar surface area (TPSA) is 86.8 Å². The normalized spacial score (nSPS) is 12.9. The Hall–Kier alpha value is -3.07. The van der Waals surface area contributed by atoms with Crippen molar-refractivity contribution in [1.82, 2.24) is 10.2 Å². The molecule has 0 saturated carbocycles. The second-order valence-corrected chi connectivity index (χ2v) is 13.0. The van der Waals surface area contributed by atoms with Gasteiger partial charge in [-0.25, -0.2) is 8.42 Å². The van der Waals surface area contributed by atoms with Crippen molar-refractivity contribution in [2.75, 3.05) is 10.8 Å². The molecule has 0 radical (unpaired) electrons. The van der Waals surface area contributed by atoms with E-state index in [1.807, 2.05) is 40.7 Å². The van der Waals surface area contributed by atoms with E-state index in [0.717, 1.165) is 21.0 Å². The molecule has 1 N–H and O–H groups in total. The van der Waals surface area contributed by atoms with Gasteiger partial charge in [-0.05, 0) is 88.1 Å². The number of hydrogen-bond acceptors (Lipinski definition) is 4. The van der Waals surface area contributed by atoms with E-state index in [-0.39, 0.29) is 23.4 Å². The smallest absolute Gasteiger partial charge is 0.264 e. The van der Waals surface area contributed by atoms with Crippen molar-refractivity contribution < 1.29 is 18.0 Å². The molecule has 7 nitrogen and oxygen atoms in total. The van der Waals surface area contributed by atoms with Crippen LogP contribution < -0.4 is 9.62 Å². The Kier molecular flexibility index (Phi) is 10.9. The molecule has 0 heterocycles. The molecule has 3 aromatic carbocycles. The van der Waals surface area contributed by atoms with Crippen molar-refractivity contribution >= 4 is 50.7 Å². The van der Waals surface area contributed by atoms with Crippen LogP contribution >= 0.6 is 23.2 Å². The maximum atomic E-state index is 14.1. The monoisotopic (exact) mass is 617 g/mol. The Morgan fingerprint density at radius 3 is 2.22 bits per heavy atom. The fourth-order valence-corrected chi connectivity index (χ4v) is 6.18. The molecular weight excluding hydrogens is 581 g/mol. The number of carbonyl (C=O) groups excluding carboxylic acids is 2. The van der Waals surface area contributed by atoms with Gasteiger partial charge in [0.05, 0.1) is 10.6 Å². The Labute approximate surface area is 253 Å². The summed E-state index contributed by atoms with van der Waals surface area (Å²) in [5.41, 5.74) is 3.48. The van der Waals surface area contributed by atoms with Crippen LogP contribution in [0.1, 0.15) is 49.4 Å². The number of sulfonamides is 1. The van der Waals surface area contributed by atoms with E-state index >= 15 is 0 Å². The van der Waals surface area contributed by atoms with Gasteiger partial charge in [0.15, 0.2) is 0 Å². The molecule has 0 spiro atoms. The third-order valence-corrected chi connectivity index (χ3v) is 9.62. The molecule has 0 saturated heterocycles. The van der Waals surface area contributed by atoms with Crippen molar-refractivity contribution in [1.29, 1.82) is 0 Å². The van der Waals surface area contributed by atoms with E-state index in [1.54, 1.807) is 49.4 Å². The summed E-state index contributed by atoms with van der Waals surface area (Å²) >= 11 is 12.5. The quantitative estimate of drug-likeness (QED) is 0.268. The number of benzene rings is 3. The van der Waals surface area contributed by atoms with Crippen LogP contribution in [0.4, 0.5) is 5.69 Å². The third-order valence-electron chi connectivity index (χ3n) is 7.26. The molecular formula is C31H37Cl2N3O4S. The number of hydrogen-bond donors (Lipinski definition) is 1. The number of rotatable bonds is 11. The van der Waals surface area contributed by atoms with E-state index in [9.17, 15) is 18.0 Å². The summed E-state index contributed by atoms with van der Waals surface area (Å²) in [5, 5.41) is 3.69. The molecule has 0 bridgehead atoms. The SMILES string of the molecule is CC[C@H](C)NC(=O)[C@H](C)N(Cc1ccc(Cl)cc1Cl)C(=O)CN(c1cccc(C)c1C)S(=O)(=O)c1ccc(C)cc1. The molecule has 0 aliphatic rings. The van der Waals surface area contributed by atoms with Gasteiger partial charge in [-0.3, -0.25) is 13.9 Å². The van der Waals surface area contributed by atoms with E-state index in [0.29, 0.717) is 27.7 Å². The van der Waals surface area contributed by atoms with Crippen molar-refractivity contribution in [2.45, 2.75) is 71.5 Å². The standard InChI is InChI=1S/C31H37Cl2N3O4S/c1-7-22(4)34-31(38)24(6)35(18-25-13-14-26(32)17-28(25)33)30(37)19-36(29-10-8-9-21(3)23(29)5)41(39,40)27-15-11-20(2)12-16-27/h8-17,22,24H,7,18-19H2,1-6H3,(H,34,38)/t22-,24-/m0/s1. The predicted molar refractivity (Wildman–Crippen MR) is 166 cm³/mol. The lowest BCUT2D eigenvalue weighted by Gasteiger charge is -2.33. The van der Waals surface area contributed by atoms with E-state index in [4.69, 9.17) is 23.2 Å². The Morgan fingerprint density at radius 2 is 1.61 bits per heavy atom. The van der Waals surface area contributed by atoms with Gasteiger partial charge in [-0.15, -0.1) is 0 Å². The molecule has 0 fully saturated rings. The summed E-state index contributed by atoms with van der Waals surface area (Å²) in [7, 11) is -4.15. The first-order valence-electron chi connectivity index (χ1n) is 13.5. The Bertz CT molecular complexity index is 1510. The van der Waals surface area contributed by atoms with Gasteiger partial charge in [-0.1, -0.05) is 66.0 Å². The van der Waals surface area contributed by atoms with Crippen molar-refractivity contribution in [3.05, 3.63) is 93.0 Å². The van der Waals surface area contributed by atoms with E-state index in [2.05, 4.69) is 5.32 Å². The molecule has 41 heavy (non-hydrogen) atoms.